The highest BCUT2D eigenvalue weighted by Gasteiger charge is 2.27. The number of nitrogens with one attached hydrogen (secondary N) is 1. The Hall–Kier alpha value is -2.80. The van der Waals surface area contributed by atoms with Crippen molar-refractivity contribution >= 4 is 29.4 Å². The molecule has 1 N–H and O–H groups in total. The van der Waals surface area contributed by atoms with E-state index in [-0.39, 0.29) is 24.6 Å². The van der Waals surface area contributed by atoms with Crippen molar-refractivity contribution in [3.05, 3.63) is 58.7 Å². The first kappa shape index (κ1) is 22.4. The van der Waals surface area contributed by atoms with Crippen molar-refractivity contribution in [2.24, 2.45) is 0 Å². The highest BCUT2D eigenvalue weighted by Crippen LogP contribution is 2.24. The predicted octanol–water partition coefficient (Wildman–Crippen LogP) is 4.26. The van der Waals surface area contributed by atoms with Gasteiger partial charge in [0.05, 0.1) is 5.56 Å². The van der Waals surface area contributed by atoms with Gasteiger partial charge >= 0.3 is 6.09 Å². The maximum absolute atomic E-state index is 13.0. The number of anilines is 1. The average molecular weight is 457 g/mol. The molecule has 1 aromatic carbocycles. The van der Waals surface area contributed by atoms with Crippen LogP contribution < -0.4 is 10.2 Å². The summed E-state index contributed by atoms with van der Waals surface area (Å²) in [7, 11) is 0. The van der Waals surface area contributed by atoms with Gasteiger partial charge in [0.25, 0.3) is 5.91 Å². The summed E-state index contributed by atoms with van der Waals surface area (Å²) < 4.78 is 5.44. The topological polar surface area (TPSA) is 74.8 Å². The Bertz CT molecular complexity index is 926. The zero-order valence-corrected chi connectivity index (χ0v) is 18.9. The van der Waals surface area contributed by atoms with Crippen LogP contribution in [0.5, 0.6) is 0 Å². The lowest BCUT2D eigenvalue weighted by molar-refractivity contribution is 0.0916. The van der Waals surface area contributed by atoms with Crippen LogP contribution in [0.1, 0.15) is 48.0 Å². The van der Waals surface area contributed by atoms with Crippen LogP contribution in [0.25, 0.3) is 0 Å². The maximum atomic E-state index is 13.0. The molecule has 1 aliphatic carbocycles. The molecule has 7 nitrogen and oxygen atoms in total. The van der Waals surface area contributed by atoms with Gasteiger partial charge in [-0.2, -0.15) is 0 Å². The van der Waals surface area contributed by atoms with Gasteiger partial charge in [-0.05, 0) is 30.5 Å². The molecule has 32 heavy (non-hydrogen) atoms. The van der Waals surface area contributed by atoms with E-state index in [4.69, 9.17) is 16.3 Å². The lowest BCUT2D eigenvalue weighted by Crippen LogP contribution is -2.49. The summed E-state index contributed by atoms with van der Waals surface area (Å²) in [5.41, 5.74) is 1.48. The Labute approximate surface area is 193 Å². The molecule has 0 radical (unpaired) electrons. The number of carbonyl (C=O) groups is 2. The van der Waals surface area contributed by atoms with Crippen LogP contribution in [0, 0.1) is 0 Å². The third-order valence-corrected chi connectivity index (χ3v) is 6.28. The monoisotopic (exact) mass is 456 g/mol. The van der Waals surface area contributed by atoms with Gasteiger partial charge in [-0.3, -0.25) is 4.79 Å². The molecule has 0 bridgehead atoms. The molecular weight excluding hydrogens is 428 g/mol. The van der Waals surface area contributed by atoms with Gasteiger partial charge in [0.15, 0.2) is 0 Å². The van der Waals surface area contributed by atoms with Gasteiger partial charge in [-0.15, -0.1) is 0 Å². The van der Waals surface area contributed by atoms with E-state index in [1.807, 2.05) is 35.2 Å². The van der Waals surface area contributed by atoms with Gasteiger partial charge in [-0.25, -0.2) is 9.78 Å². The predicted molar refractivity (Wildman–Crippen MR) is 124 cm³/mol. The fourth-order valence-corrected chi connectivity index (χ4v) is 4.41. The minimum Gasteiger partial charge on any atom is -0.445 e. The van der Waals surface area contributed by atoms with Gasteiger partial charge in [0.2, 0.25) is 0 Å². The molecule has 1 aliphatic heterocycles. The van der Waals surface area contributed by atoms with Crippen LogP contribution in [-0.4, -0.2) is 54.1 Å². The maximum Gasteiger partial charge on any atom is 0.410 e. The van der Waals surface area contributed by atoms with E-state index in [1.54, 1.807) is 17.0 Å². The van der Waals surface area contributed by atoms with Crippen molar-refractivity contribution in [3.63, 3.8) is 0 Å². The van der Waals surface area contributed by atoms with Crippen molar-refractivity contribution in [1.29, 1.82) is 0 Å². The molecule has 0 unspecified atom stereocenters. The molecule has 2 amide bonds. The molecule has 170 valence electrons. The van der Waals surface area contributed by atoms with Crippen molar-refractivity contribution in [3.8, 4) is 0 Å². The number of carbonyl (C=O) groups excluding carboxylic acids is 2. The minimum atomic E-state index is -0.331. The lowest BCUT2D eigenvalue weighted by atomic mass is 9.95. The van der Waals surface area contributed by atoms with E-state index in [2.05, 4.69) is 10.3 Å². The standard InChI is InChI=1S/C24H29ClN4O3/c25-21-12-11-20(23(30)26-19-9-5-2-6-10-19)22(27-21)28-13-15-29(16-14-28)24(31)32-17-18-7-3-1-4-8-18/h1,3-4,7-8,11-12,19H,2,5-6,9-10,13-17H2,(H,26,30). The number of rotatable bonds is 5. The highest BCUT2D eigenvalue weighted by molar-refractivity contribution is 6.29. The number of benzene rings is 1. The van der Waals surface area contributed by atoms with Crippen LogP contribution in [0.4, 0.5) is 10.6 Å². The first-order valence-corrected chi connectivity index (χ1v) is 11.7. The Morgan fingerprint density at radius 3 is 2.44 bits per heavy atom. The zero-order valence-electron chi connectivity index (χ0n) is 18.1. The molecule has 2 aromatic rings. The quantitative estimate of drug-likeness (QED) is 0.680. The fraction of sp³-hybridized carbons (Fsp3) is 0.458. The summed E-state index contributed by atoms with van der Waals surface area (Å²) in [6, 6.07) is 13.2. The summed E-state index contributed by atoms with van der Waals surface area (Å²) in [6.45, 7) is 2.34. The van der Waals surface area contributed by atoms with Crippen LogP contribution >= 0.6 is 11.6 Å². The normalized spacial score (nSPS) is 17.2. The summed E-state index contributed by atoms with van der Waals surface area (Å²) in [4.78, 5) is 33.6. The molecule has 4 rings (SSSR count). The molecule has 2 aliphatic rings. The third kappa shape index (κ3) is 5.71. The number of pyridine rings is 1. The van der Waals surface area contributed by atoms with Crippen LogP contribution in [-0.2, 0) is 11.3 Å². The molecule has 8 heteroatoms. The Kier molecular flexibility index (Phi) is 7.47. The van der Waals surface area contributed by atoms with E-state index in [1.165, 1.54) is 6.42 Å². The zero-order chi connectivity index (χ0) is 22.3. The van der Waals surface area contributed by atoms with Gasteiger partial charge < -0.3 is 19.9 Å². The fourth-order valence-electron chi connectivity index (χ4n) is 4.27. The van der Waals surface area contributed by atoms with Crippen molar-refractivity contribution in [2.75, 3.05) is 31.1 Å². The second-order valence-electron chi connectivity index (χ2n) is 8.33. The van der Waals surface area contributed by atoms with Crippen LogP contribution in [0.2, 0.25) is 5.15 Å². The molecule has 0 spiro atoms. The first-order chi connectivity index (χ1) is 15.6. The SMILES string of the molecule is O=C(NC1CCCCC1)c1ccc(Cl)nc1N1CCN(C(=O)OCc2ccccc2)CC1. The van der Waals surface area contributed by atoms with Crippen LogP contribution in [0.15, 0.2) is 42.5 Å². The van der Waals surface area contributed by atoms with E-state index >= 15 is 0 Å². The van der Waals surface area contributed by atoms with E-state index in [9.17, 15) is 9.59 Å². The summed E-state index contributed by atoms with van der Waals surface area (Å²) in [6.07, 6.45) is 5.25. The van der Waals surface area contributed by atoms with E-state index in [0.717, 1.165) is 31.2 Å². The summed E-state index contributed by atoms with van der Waals surface area (Å²) >= 11 is 6.16. The smallest absolute Gasteiger partial charge is 0.410 e. The number of ether oxygens (including phenoxy) is 1. The Balaban J connectivity index is 1.35. The van der Waals surface area contributed by atoms with Gasteiger partial charge in [0, 0.05) is 32.2 Å². The van der Waals surface area contributed by atoms with Crippen LogP contribution in [0.3, 0.4) is 0 Å². The molecule has 0 atom stereocenters. The number of hydrogen-bond donors (Lipinski definition) is 1. The Morgan fingerprint density at radius 2 is 1.72 bits per heavy atom. The second kappa shape index (κ2) is 10.7. The van der Waals surface area contributed by atoms with Gasteiger partial charge in [0.1, 0.15) is 17.6 Å². The first-order valence-electron chi connectivity index (χ1n) is 11.3. The number of halogens is 1. The molecule has 1 aromatic heterocycles. The second-order valence-corrected chi connectivity index (χ2v) is 8.72. The number of hydrogen-bond acceptors (Lipinski definition) is 5. The molecule has 2 heterocycles. The average Bonchev–Trinajstić information content (AvgIpc) is 2.84. The van der Waals surface area contributed by atoms with E-state index < -0.39 is 0 Å². The van der Waals surface area contributed by atoms with Gasteiger partial charge in [-0.1, -0.05) is 61.2 Å². The largest absolute Gasteiger partial charge is 0.445 e. The third-order valence-electron chi connectivity index (χ3n) is 6.07. The van der Waals surface area contributed by atoms with Crippen molar-refractivity contribution in [1.82, 2.24) is 15.2 Å². The number of aromatic nitrogens is 1. The number of amides is 2. The molecule has 1 saturated carbocycles. The minimum absolute atomic E-state index is 0.110. The van der Waals surface area contributed by atoms with Crippen molar-refractivity contribution in [2.45, 2.75) is 44.8 Å². The number of nitrogens with zero attached hydrogens (tertiary/aromatic N) is 3. The van der Waals surface area contributed by atoms with E-state index in [0.29, 0.717) is 42.7 Å². The highest BCUT2D eigenvalue weighted by atomic mass is 35.5. The van der Waals surface area contributed by atoms with Crippen molar-refractivity contribution < 1.29 is 14.3 Å². The lowest BCUT2D eigenvalue weighted by Gasteiger charge is -2.35. The summed E-state index contributed by atoms with van der Waals surface area (Å²) in [5, 5.41) is 3.51. The molecule has 2 fully saturated rings. The Morgan fingerprint density at radius 1 is 1.00 bits per heavy atom. The number of piperazine rings is 1. The summed E-state index contributed by atoms with van der Waals surface area (Å²) in [5.74, 6) is 0.462. The molecule has 1 saturated heterocycles. The molecular formula is C24H29ClN4O3.